The average Bonchev–Trinajstić information content (AvgIpc) is 2.94. The number of benzene rings is 4. The number of nitro groups is 1. The van der Waals surface area contributed by atoms with Crippen LogP contribution in [-0.2, 0) is 29.2 Å². The summed E-state index contributed by atoms with van der Waals surface area (Å²) in [5.41, 5.74) is 0.774. The number of carboxylic acids is 1. The van der Waals surface area contributed by atoms with Crippen LogP contribution < -0.4 is 14.8 Å². The minimum absolute atomic E-state index is 0.0815. The molecule has 0 fully saturated rings. The molecule has 0 aliphatic rings. The van der Waals surface area contributed by atoms with Gasteiger partial charge in [0.25, 0.3) is 5.69 Å². The van der Waals surface area contributed by atoms with Gasteiger partial charge in [-0.3, -0.25) is 10.1 Å². The van der Waals surface area contributed by atoms with E-state index in [0.29, 0.717) is 16.9 Å². The number of ether oxygens (including phenoxy) is 3. The number of amides is 1. The highest BCUT2D eigenvalue weighted by Gasteiger charge is 2.25. The molecule has 0 radical (unpaired) electrons. The van der Waals surface area contributed by atoms with Gasteiger partial charge in [-0.05, 0) is 66.9 Å². The van der Waals surface area contributed by atoms with Crippen LogP contribution in [0.1, 0.15) is 37.5 Å². The van der Waals surface area contributed by atoms with Crippen molar-refractivity contribution >= 4 is 51.7 Å². The van der Waals surface area contributed by atoms with E-state index in [0.717, 1.165) is 16.3 Å². The number of alkyl carbamates (subject to hydrolysis) is 1. The summed E-state index contributed by atoms with van der Waals surface area (Å²) in [6.07, 6.45) is -1.01. The molecule has 4 rings (SSSR count). The number of carbonyl (C=O) groups excluding carboxylic acids is 1. The first-order valence-electron chi connectivity index (χ1n) is 13.5. The zero-order chi connectivity index (χ0) is 32.0. The predicted molar refractivity (Wildman–Crippen MR) is 167 cm³/mol. The van der Waals surface area contributed by atoms with Crippen LogP contribution in [0.15, 0.2) is 72.8 Å². The van der Waals surface area contributed by atoms with E-state index < -0.39 is 28.6 Å². The van der Waals surface area contributed by atoms with E-state index in [2.05, 4.69) is 5.32 Å². The van der Waals surface area contributed by atoms with Crippen molar-refractivity contribution in [2.24, 2.45) is 0 Å². The first-order chi connectivity index (χ1) is 20.8. The number of nitrogens with one attached hydrogen (secondary N) is 1. The molecule has 2 N–H and O–H groups in total. The molecule has 4 aromatic rings. The van der Waals surface area contributed by atoms with Gasteiger partial charge in [0.1, 0.15) is 30.6 Å². The Morgan fingerprint density at radius 1 is 0.909 bits per heavy atom. The number of non-ortho nitro benzene ring substituents is 1. The molecule has 4 aromatic carbocycles. The quantitative estimate of drug-likeness (QED) is 0.125. The summed E-state index contributed by atoms with van der Waals surface area (Å²) < 4.78 is 17.1. The number of hydrogen-bond donors (Lipinski definition) is 2. The summed E-state index contributed by atoms with van der Waals surface area (Å²) in [7, 11) is 0. The van der Waals surface area contributed by atoms with Gasteiger partial charge in [0.2, 0.25) is 0 Å². The molecule has 0 heterocycles. The van der Waals surface area contributed by atoms with E-state index in [1.54, 1.807) is 20.8 Å². The molecule has 230 valence electrons. The van der Waals surface area contributed by atoms with Gasteiger partial charge in [-0.2, -0.15) is 0 Å². The lowest BCUT2D eigenvalue weighted by Gasteiger charge is -2.22. The Morgan fingerprint density at radius 2 is 1.59 bits per heavy atom. The number of halogens is 2. The van der Waals surface area contributed by atoms with Crippen molar-refractivity contribution in [3.05, 3.63) is 110 Å². The highest BCUT2D eigenvalue weighted by atomic mass is 35.5. The second-order valence-corrected chi connectivity index (χ2v) is 11.8. The van der Waals surface area contributed by atoms with E-state index in [1.165, 1.54) is 30.3 Å². The molecule has 44 heavy (non-hydrogen) atoms. The van der Waals surface area contributed by atoms with Gasteiger partial charge < -0.3 is 24.6 Å². The highest BCUT2D eigenvalue weighted by Crippen LogP contribution is 2.36. The van der Waals surface area contributed by atoms with E-state index in [9.17, 15) is 24.8 Å². The van der Waals surface area contributed by atoms with E-state index in [-0.39, 0.29) is 41.1 Å². The Hall–Kier alpha value is -4.54. The maximum Gasteiger partial charge on any atom is 0.408 e. The van der Waals surface area contributed by atoms with Crippen molar-refractivity contribution < 1.29 is 33.8 Å². The minimum Gasteiger partial charge on any atom is -0.488 e. The van der Waals surface area contributed by atoms with Gasteiger partial charge in [-0.25, -0.2) is 9.59 Å². The average molecular weight is 642 g/mol. The fourth-order valence-electron chi connectivity index (χ4n) is 4.33. The van der Waals surface area contributed by atoms with Crippen LogP contribution in [0.3, 0.4) is 0 Å². The molecule has 1 amide bonds. The summed E-state index contributed by atoms with van der Waals surface area (Å²) in [4.78, 5) is 34.9. The fraction of sp³-hybridized carbons (Fsp3) is 0.250. The number of fused-ring (bicyclic) bond motifs is 1. The number of nitrogens with zero attached hydrogens (tertiary/aromatic N) is 1. The largest absolute Gasteiger partial charge is 0.488 e. The molecular formula is C32H30Cl2N2O8. The topological polar surface area (TPSA) is 137 Å². The Morgan fingerprint density at radius 3 is 2.23 bits per heavy atom. The lowest BCUT2D eigenvalue weighted by molar-refractivity contribution is -0.385. The Kier molecular flexibility index (Phi) is 10.2. The maximum absolute atomic E-state index is 12.1. The number of carboxylic acid groups (broad SMARTS) is 1. The van der Waals surface area contributed by atoms with E-state index in [4.69, 9.17) is 37.4 Å². The number of nitro benzene ring substituents is 1. The molecule has 0 aromatic heterocycles. The predicted octanol–water partition coefficient (Wildman–Crippen LogP) is 7.73. The monoisotopic (exact) mass is 640 g/mol. The van der Waals surface area contributed by atoms with Crippen molar-refractivity contribution in [3.8, 4) is 11.5 Å². The first kappa shape index (κ1) is 32.4. The van der Waals surface area contributed by atoms with Gasteiger partial charge in [0.05, 0.1) is 15.0 Å². The van der Waals surface area contributed by atoms with Crippen LogP contribution in [0.4, 0.5) is 10.5 Å². The number of hydrogen-bond acceptors (Lipinski definition) is 7. The van der Waals surface area contributed by atoms with Crippen LogP contribution in [0.5, 0.6) is 11.5 Å². The second kappa shape index (κ2) is 13.8. The van der Waals surface area contributed by atoms with Crippen molar-refractivity contribution in [3.63, 3.8) is 0 Å². The van der Waals surface area contributed by atoms with Crippen molar-refractivity contribution in [2.45, 2.75) is 52.0 Å². The molecule has 12 heteroatoms. The van der Waals surface area contributed by atoms with Crippen LogP contribution in [0.2, 0.25) is 10.0 Å². The van der Waals surface area contributed by atoms with Crippen molar-refractivity contribution in [1.29, 1.82) is 0 Å². The molecule has 0 bridgehead atoms. The molecule has 0 saturated heterocycles. The summed E-state index contributed by atoms with van der Waals surface area (Å²) in [5.74, 6) is -0.800. The molecule has 1 unspecified atom stereocenters. The zero-order valence-corrected chi connectivity index (χ0v) is 25.6. The van der Waals surface area contributed by atoms with Gasteiger partial charge in [0, 0.05) is 24.1 Å². The second-order valence-electron chi connectivity index (χ2n) is 10.9. The summed E-state index contributed by atoms with van der Waals surface area (Å²) in [6, 6.07) is 19.7. The molecule has 0 spiro atoms. The molecule has 0 saturated carbocycles. The Bertz CT molecular complexity index is 1680. The van der Waals surface area contributed by atoms with E-state index >= 15 is 0 Å². The van der Waals surface area contributed by atoms with Crippen LogP contribution in [-0.4, -0.2) is 33.7 Å². The van der Waals surface area contributed by atoms with Gasteiger partial charge >= 0.3 is 12.1 Å². The highest BCUT2D eigenvalue weighted by molar-refractivity contribution is 6.37. The lowest BCUT2D eigenvalue weighted by Crippen LogP contribution is -2.44. The van der Waals surface area contributed by atoms with E-state index in [1.807, 2.05) is 42.5 Å². The number of aliphatic carboxylic acids is 1. The normalized spacial score (nSPS) is 11.9. The number of rotatable bonds is 11. The van der Waals surface area contributed by atoms with Gasteiger partial charge in [-0.1, -0.05) is 59.6 Å². The van der Waals surface area contributed by atoms with Crippen LogP contribution >= 0.6 is 23.2 Å². The lowest BCUT2D eigenvalue weighted by atomic mass is 10.1. The summed E-state index contributed by atoms with van der Waals surface area (Å²) in [5, 5.41) is 25.7. The third-order valence-electron chi connectivity index (χ3n) is 6.32. The van der Waals surface area contributed by atoms with Crippen molar-refractivity contribution in [1.82, 2.24) is 5.32 Å². The molecule has 1 atom stereocenters. The Labute approximate surface area is 263 Å². The zero-order valence-electron chi connectivity index (χ0n) is 24.1. The summed E-state index contributed by atoms with van der Waals surface area (Å²) in [6.45, 7) is 5.04. The van der Waals surface area contributed by atoms with Crippen LogP contribution in [0.25, 0.3) is 10.8 Å². The third-order valence-corrected chi connectivity index (χ3v) is 6.88. The van der Waals surface area contributed by atoms with Gasteiger partial charge in [-0.15, -0.1) is 0 Å². The number of carbonyl (C=O) groups is 2. The minimum atomic E-state index is -1.31. The first-order valence-corrected chi connectivity index (χ1v) is 14.3. The third kappa shape index (κ3) is 8.75. The van der Waals surface area contributed by atoms with Crippen LogP contribution in [0, 0.1) is 10.1 Å². The molecule has 0 aliphatic heterocycles. The molecular weight excluding hydrogens is 611 g/mol. The molecule has 10 nitrogen and oxygen atoms in total. The Balaban J connectivity index is 1.49. The maximum atomic E-state index is 12.1. The summed E-state index contributed by atoms with van der Waals surface area (Å²) >= 11 is 12.9. The SMILES string of the molecule is CC(C)(C)OC(=O)NC(Cc1cc(Cl)c(OCc2cc([N+](=O)[O-])ccc2OCc2ccc3ccccc3c2)c(Cl)c1)C(=O)O. The van der Waals surface area contributed by atoms with Gasteiger partial charge in [0.15, 0.2) is 5.75 Å². The fourth-order valence-corrected chi connectivity index (χ4v) is 4.97. The molecule has 0 aliphatic carbocycles. The standard InChI is InChI=1S/C32H30Cl2N2O8/c1-32(2,3)44-31(39)35-27(30(37)38)15-20-13-25(33)29(26(34)14-20)43-18-23-16-24(36(40)41)10-11-28(23)42-17-19-8-9-21-6-4-5-7-22(21)12-19/h4-14,16,27H,15,17-18H2,1-3H3,(H,35,39)(H,37,38). The smallest absolute Gasteiger partial charge is 0.408 e. The van der Waals surface area contributed by atoms with Crippen molar-refractivity contribution in [2.75, 3.05) is 0 Å².